The quantitative estimate of drug-likeness (QED) is 0.385. The number of carbonyl (C=O) groups is 2. The number of nitrogens with zero attached hydrogens (tertiary/aromatic N) is 1. The number of aliphatic hydroxyl groups is 2. The SMILES string of the molecule is C[C@]12CC(=CN)C(=Nc3ccc(F)cc3)C=C1CC[C@@H]1C2[C@@H](O)C[C@@]2(C)[C@H]1CC[C@]2(OC(=O)C1CC1)C(=O)SCCO. The van der Waals surface area contributed by atoms with E-state index in [4.69, 9.17) is 15.5 Å². The Hall–Kier alpha value is -2.49. The van der Waals surface area contributed by atoms with Gasteiger partial charge in [-0.05, 0) is 117 Å². The topological polar surface area (TPSA) is 122 Å². The molecule has 5 aliphatic carbocycles. The molecule has 0 spiro atoms. The van der Waals surface area contributed by atoms with E-state index in [9.17, 15) is 24.2 Å². The Kier molecular flexibility index (Phi) is 7.67. The summed E-state index contributed by atoms with van der Waals surface area (Å²) in [5.41, 5.74) is 7.34. The highest BCUT2D eigenvalue weighted by molar-refractivity contribution is 8.13. The van der Waals surface area contributed by atoms with Crippen molar-refractivity contribution in [3.05, 3.63) is 53.5 Å². The second-order valence-corrected chi connectivity index (χ2v) is 14.4. The number of fused-ring (bicyclic) bond motifs is 5. The fourth-order valence-corrected chi connectivity index (χ4v) is 9.84. The van der Waals surface area contributed by atoms with Crippen molar-refractivity contribution in [2.75, 3.05) is 12.4 Å². The number of benzene rings is 1. The van der Waals surface area contributed by atoms with Gasteiger partial charge in [-0.3, -0.25) is 9.59 Å². The zero-order chi connectivity index (χ0) is 29.9. The van der Waals surface area contributed by atoms with Crippen LogP contribution in [0.4, 0.5) is 10.1 Å². The van der Waals surface area contributed by atoms with Crippen LogP contribution in [0.2, 0.25) is 0 Å². The van der Waals surface area contributed by atoms with Gasteiger partial charge in [-0.25, -0.2) is 9.38 Å². The van der Waals surface area contributed by atoms with Crippen LogP contribution in [0.3, 0.4) is 0 Å². The molecule has 0 aliphatic heterocycles. The number of hydrogen-bond acceptors (Lipinski definition) is 8. The van der Waals surface area contributed by atoms with Gasteiger partial charge >= 0.3 is 5.97 Å². The molecule has 0 saturated heterocycles. The lowest BCUT2D eigenvalue weighted by molar-refractivity contribution is -0.197. The van der Waals surface area contributed by atoms with Gasteiger partial charge in [0.05, 0.1) is 30.0 Å². The van der Waals surface area contributed by atoms with Gasteiger partial charge in [0.25, 0.3) is 0 Å². The highest BCUT2D eigenvalue weighted by Crippen LogP contribution is 2.69. The average Bonchev–Trinajstić information content (AvgIpc) is 3.77. The summed E-state index contributed by atoms with van der Waals surface area (Å²) in [6, 6.07) is 6.08. The van der Waals surface area contributed by atoms with Gasteiger partial charge in [0, 0.05) is 11.2 Å². The minimum absolute atomic E-state index is 0.0481. The fraction of sp³-hybridized carbons (Fsp3) is 0.606. The number of thioether (sulfide) groups is 1. The molecule has 4 saturated carbocycles. The van der Waals surface area contributed by atoms with E-state index in [1.807, 2.05) is 0 Å². The average molecular weight is 597 g/mol. The first-order valence-electron chi connectivity index (χ1n) is 15.2. The zero-order valence-electron chi connectivity index (χ0n) is 24.4. The van der Waals surface area contributed by atoms with E-state index in [0.29, 0.717) is 24.9 Å². The van der Waals surface area contributed by atoms with Crippen molar-refractivity contribution in [3.8, 4) is 0 Å². The molecule has 0 heterocycles. The number of rotatable bonds is 6. The normalized spacial score (nSPS) is 39.3. The Morgan fingerprint density at radius 1 is 1.19 bits per heavy atom. The van der Waals surface area contributed by atoms with E-state index >= 15 is 0 Å². The van der Waals surface area contributed by atoms with Crippen LogP contribution in [-0.2, 0) is 14.3 Å². The molecule has 0 bridgehead atoms. The molecule has 226 valence electrons. The third kappa shape index (κ3) is 4.67. The Morgan fingerprint density at radius 3 is 2.60 bits per heavy atom. The van der Waals surface area contributed by atoms with E-state index in [2.05, 4.69) is 19.9 Å². The molecule has 0 aromatic heterocycles. The van der Waals surface area contributed by atoms with E-state index in [1.165, 1.54) is 17.7 Å². The molecule has 0 amide bonds. The maximum atomic E-state index is 13.8. The van der Waals surface area contributed by atoms with Gasteiger partial charge in [0.1, 0.15) is 5.82 Å². The summed E-state index contributed by atoms with van der Waals surface area (Å²) in [6.07, 6.45) is 8.46. The Balaban J connectivity index is 1.34. The van der Waals surface area contributed by atoms with Gasteiger partial charge in [-0.2, -0.15) is 0 Å². The maximum absolute atomic E-state index is 13.8. The Bertz CT molecular complexity index is 1360. The smallest absolute Gasteiger partial charge is 0.309 e. The molecular weight excluding hydrogens is 555 g/mol. The summed E-state index contributed by atoms with van der Waals surface area (Å²) in [4.78, 5) is 31.7. The van der Waals surface area contributed by atoms with E-state index in [-0.39, 0.29) is 58.3 Å². The molecule has 9 heteroatoms. The number of halogens is 1. The van der Waals surface area contributed by atoms with Crippen LogP contribution in [0.5, 0.6) is 0 Å². The number of nitrogens with two attached hydrogens (primary N) is 1. The predicted octanol–water partition coefficient (Wildman–Crippen LogP) is 5.23. The van der Waals surface area contributed by atoms with E-state index in [1.54, 1.807) is 18.3 Å². The summed E-state index contributed by atoms with van der Waals surface area (Å²) in [7, 11) is 0. The molecule has 4 N–H and O–H groups in total. The lowest BCUT2D eigenvalue weighted by Gasteiger charge is -2.61. The largest absolute Gasteiger partial charge is 0.449 e. The highest BCUT2D eigenvalue weighted by Gasteiger charge is 2.71. The molecular formula is C33H41FN2O5S. The van der Waals surface area contributed by atoms with Crippen molar-refractivity contribution >= 4 is 34.2 Å². The van der Waals surface area contributed by atoms with Crippen LogP contribution in [0, 0.1) is 40.3 Å². The number of aliphatic imine (C=N–C) groups is 1. The van der Waals surface area contributed by atoms with Crippen LogP contribution >= 0.6 is 11.8 Å². The summed E-state index contributed by atoms with van der Waals surface area (Å²) in [6.45, 7) is 4.14. The molecule has 7 nitrogen and oxygen atoms in total. The molecule has 6 rings (SSSR count). The van der Waals surface area contributed by atoms with E-state index < -0.39 is 17.1 Å². The lowest BCUT2D eigenvalue weighted by Crippen LogP contribution is -2.62. The number of esters is 1. The first kappa shape index (κ1) is 29.6. The molecule has 0 radical (unpaired) electrons. The third-order valence-corrected chi connectivity index (χ3v) is 12.1. The third-order valence-electron chi connectivity index (χ3n) is 11.1. The maximum Gasteiger partial charge on any atom is 0.309 e. The van der Waals surface area contributed by atoms with Crippen LogP contribution in [0.15, 0.2) is 52.7 Å². The Labute approximate surface area is 250 Å². The number of ether oxygens (including phenoxy) is 1. The van der Waals surface area contributed by atoms with Gasteiger partial charge in [-0.15, -0.1) is 0 Å². The van der Waals surface area contributed by atoms with Gasteiger partial charge < -0.3 is 20.7 Å². The van der Waals surface area contributed by atoms with Gasteiger partial charge in [0.2, 0.25) is 5.12 Å². The second kappa shape index (κ2) is 10.9. The number of carbonyl (C=O) groups excluding carboxylic acids is 2. The van der Waals surface area contributed by atoms with E-state index in [0.717, 1.165) is 55.2 Å². The molecule has 7 atom stereocenters. The molecule has 42 heavy (non-hydrogen) atoms. The number of allylic oxidation sites excluding steroid dienone is 3. The summed E-state index contributed by atoms with van der Waals surface area (Å²) < 4.78 is 19.7. The molecule has 1 aromatic rings. The second-order valence-electron chi connectivity index (χ2n) is 13.4. The fourth-order valence-electron chi connectivity index (χ4n) is 8.95. The van der Waals surface area contributed by atoms with Crippen LogP contribution in [-0.4, -0.2) is 51.1 Å². The van der Waals surface area contributed by atoms with Crippen molar-refractivity contribution in [1.29, 1.82) is 0 Å². The summed E-state index contributed by atoms with van der Waals surface area (Å²) in [5.74, 6) is -0.302. The van der Waals surface area contributed by atoms with Crippen molar-refractivity contribution < 1.29 is 28.9 Å². The first-order chi connectivity index (χ1) is 20.1. The predicted molar refractivity (Wildman–Crippen MR) is 160 cm³/mol. The summed E-state index contributed by atoms with van der Waals surface area (Å²) >= 11 is 1.04. The molecule has 5 aliphatic rings. The lowest BCUT2D eigenvalue weighted by atomic mass is 9.45. The Morgan fingerprint density at radius 2 is 1.93 bits per heavy atom. The van der Waals surface area contributed by atoms with Crippen LogP contribution in [0.1, 0.15) is 65.2 Å². The van der Waals surface area contributed by atoms with Crippen molar-refractivity contribution in [2.45, 2.75) is 76.9 Å². The van der Waals surface area contributed by atoms with Gasteiger partial charge in [-0.1, -0.05) is 31.2 Å². The van der Waals surface area contributed by atoms with Crippen molar-refractivity contribution in [1.82, 2.24) is 0 Å². The van der Waals surface area contributed by atoms with Crippen molar-refractivity contribution in [3.63, 3.8) is 0 Å². The summed E-state index contributed by atoms with van der Waals surface area (Å²) in [5, 5.41) is 21.3. The monoisotopic (exact) mass is 596 g/mol. The van der Waals surface area contributed by atoms with Crippen molar-refractivity contribution in [2.24, 2.45) is 45.2 Å². The number of aliphatic hydroxyl groups excluding tert-OH is 2. The van der Waals surface area contributed by atoms with Crippen LogP contribution < -0.4 is 5.73 Å². The molecule has 1 aromatic carbocycles. The molecule has 4 fully saturated rings. The molecule has 1 unspecified atom stereocenters. The first-order valence-corrected chi connectivity index (χ1v) is 16.2. The minimum Gasteiger partial charge on any atom is -0.449 e. The standard InChI is InChI=1S/C33H41FN2O5S/c1-31-16-20(18-35)26(36-23-8-6-22(34)7-9-23)15-21(31)5-10-24-25-11-12-33(30(40)42-14-13-37,41-29(39)19-3-4-19)32(25,2)17-27(38)28(24)31/h6-9,15,18-19,24-25,27-28,37-38H,3-5,10-14,16-17,35H2,1-2H3/t24-,25-,27-,28?,31-,32-,33-/m0/s1. The van der Waals surface area contributed by atoms with Gasteiger partial charge in [0.15, 0.2) is 5.60 Å². The number of hydrogen-bond donors (Lipinski definition) is 3. The highest BCUT2D eigenvalue weighted by atomic mass is 32.2. The zero-order valence-corrected chi connectivity index (χ0v) is 25.2. The minimum atomic E-state index is -1.30. The van der Waals surface area contributed by atoms with Crippen LogP contribution in [0.25, 0.3) is 0 Å².